The molecule has 0 bridgehead atoms. The monoisotopic (exact) mass is 261 g/mol. The Bertz CT molecular complexity index is 769. The molecule has 1 N–H and O–H groups in total. The fraction of sp³-hybridized carbons (Fsp3) is 0.250. The van der Waals surface area contributed by atoms with E-state index in [0.717, 1.165) is 9.75 Å². The van der Waals surface area contributed by atoms with Crippen molar-refractivity contribution in [1.29, 1.82) is 0 Å². The van der Waals surface area contributed by atoms with E-state index in [4.69, 9.17) is 4.52 Å². The Morgan fingerprint density at radius 1 is 1.44 bits per heavy atom. The highest BCUT2D eigenvalue weighted by Gasteiger charge is 2.17. The minimum atomic E-state index is -0.195. The third-order valence-electron chi connectivity index (χ3n) is 2.70. The van der Waals surface area contributed by atoms with Crippen LogP contribution >= 0.6 is 11.3 Å². The summed E-state index contributed by atoms with van der Waals surface area (Å²) in [5.74, 6) is 0.609. The van der Waals surface area contributed by atoms with E-state index in [1.807, 2.05) is 26.0 Å². The summed E-state index contributed by atoms with van der Waals surface area (Å²) in [5.41, 5.74) is 0.676. The highest BCUT2D eigenvalue weighted by atomic mass is 32.1. The summed E-state index contributed by atoms with van der Waals surface area (Å²) in [5, 5.41) is 4.39. The van der Waals surface area contributed by atoms with Crippen LogP contribution in [0.15, 0.2) is 21.5 Å². The number of rotatable bonds is 2. The van der Waals surface area contributed by atoms with Crippen LogP contribution in [0.4, 0.5) is 0 Å². The Morgan fingerprint density at radius 2 is 2.28 bits per heavy atom. The maximum absolute atomic E-state index is 12.0. The molecule has 0 aliphatic heterocycles. The summed E-state index contributed by atoms with van der Waals surface area (Å²) in [6, 6.07) is 3.92. The summed E-state index contributed by atoms with van der Waals surface area (Å²) < 4.78 is 5.16. The molecule has 0 fully saturated rings. The summed E-state index contributed by atoms with van der Waals surface area (Å²) in [6.45, 7) is 3.93. The number of thiophene rings is 1. The molecule has 6 heteroatoms. The quantitative estimate of drug-likeness (QED) is 0.769. The Balaban J connectivity index is 2.29. The molecule has 0 unspecified atom stereocenters. The third-order valence-corrected chi connectivity index (χ3v) is 3.71. The first-order chi connectivity index (χ1) is 8.69. The number of aromatic nitrogens is 3. The predicted molar refractivity (Wildman–Crippen MR) is 69.9 cm³/mol. The maximum atomic E-state index is 12.0. The molecule has 3 heterocycles. The van der Waals surface area contributed by atoms with Gasteiger partial charge in [0, 0.05) is 11.3 Å². The SMILES string of the molecule is CCc1nc2onc(-c3ccc(C)s3)c2c(=O)[nH]1. The van der Waals surface area contributed by atoms with Crippen molar-refractivity contribution in [2.75, 3.05) is 0 Å². The number of fused-ring (bicyclic) bond motifs is 1. The van der Waals surface area contributed by atoms with Crippen LogP contribution in [0.5, 0.6) is 0 Å². The molecule has 0 amide bonds. The average Bonchev–Trinajstić information content (AvgIpc) is 2.94. The van der Waals surface area contributed by atoms with Crippen molar-refractivity contribution in [3.8, 4) is 10.6 Å². The van der Waals surface area contributed by atoms with E-state index in [1.165, 1.54) is 0 Å². The fourth-order valence-electron chi connectivity index (χ4n) is 1.80. The summed E-state index contributed by atoms with van der Waals surface area (Å²) in [4.78, 5) is 21.1. The molecule has 0 aromatic carbocycles. The molecular weight excluding hydrogens is 250 g/mol. The van der Waals surface area contributed by atoms with Gasteiger partial charge in [0.1, 0.15) is 16.9 Å². The Hall–Kier alpha value is -1.95. The lowest BCUT2D eigenvalue weighted by Crippen LogP contribution is -2.10. The van der Waals surface area contributed by atoms with Gasteiger partial charge in [-0.25, -0.2) is 0 Å². The second-order valence-corrected chi connectivity index (χ2v) is 5.28. The van der Waals surface area contributed by atoms with E-state index in [1.54, 1.807) is 11.3 Å². The zero-order chi connectivity index (χ0) is 12.7. The van der Waals surface area contributed by atoms with Gasteiger partial charge in [-0.15, -0.1) is 11.3 Å². The zero-order valence-electron chi connectivity index (χ0n) is 9.98. The van der Waals surface area contributed by atoms with Gasteiger partial charge in [-0.05, 0) is 19.1 Å². The number of nitrogens with zero attached hydrogens (tertiary/aromatic N) is 2. The molecule has 0 saturated heterocycles. The zero-order valence-corrected chi connectivity index (χ0v) is 10.8. The van der Waals surface area contributed by atoms with Crippen LogP contribution in [0.25, 0.3) is 21.7 Å². The van der Waals surface area contributed by atoms with Crippen molar-refractivity contribution in [2.45, 2.75) is 20.3 Å². The topological polar surface area (TPSA) is 71.8 Å². The predicted octanol–water partition coefficient (Wildman–Crippen LogP) is 2.51. The van der Waals surface area contributed by atoms with Gasteiger partial charge in [0.25, 0.3) is 11.3 Å². The Morgan fingerprint density at radius 3 is 2.94 bits per heavy atom. The van der Waals surface area contributed by atoms with Gasteiger partial charge in [0.2, 0.25) is 0 Å². The standard InChI is InChI=1S/C12H11N3O2S/c1-3-8-13-11(16)9-10(15-17-12(9)14-8)7-5-4-6(2)18-7/h4-5H,3H2,1-2H3,(H,13,14,16). The highest BCUT2D eigenvalue weighted by Crippen LogP contribution is 2.30. The summed E-state index contributed by atoms with van der Waals surface area (Å²) in [7, 11) is 0. The molecule has 3 rings (SSSR count). The molecule has 18 heavy (non-hydrogen) atoms. The number of aromatic amines is 1. The van der Waals surface area contributed by atoms with Gasteiger partial charge >= 0.3 is 0 Å². The van der Waals surface area contributed by atoms with Gasteiger partial charge in [0.05, 0.1) is 4.88 Å². The van der Waals surface area contributed by atoms with Gasteiger partial charge in [-0.3, -0.25) is 4.79 Å². The number of H-pyrrole nitrogens is 1. The Labute approximate surface area is 106 Å². The van der Waals surface area contributed by atoms with Gasteiger partial charge in [-0.2, -0.15) is 4.98 Å². The second kappa shape index (κ2) is 4.06. The number of hydrogen-bond acceptors (Lipinski definition) is 5. The van der Waals surface area contributed by atoms with Crippen molar-refractivity contribution in [3.05, 3.63) is 33.2 Å². The van der Waals surface area contributed by atoms with Crippen LogP contribution in [0.3, 0.4) is 0 Å². The van der Waals surface area contributed by atoms with Crippen LogP contribution < -0.4 is 5.56 Å². The maximum Gasteiger partial charge on any atom is 0.265 e. The van der Waals surface area contributed by atoms with Crippen molar-refractivity contribution in [1.82, 2.24) is 15.1 Å². The van der Waals surface area contributed by atoms with Crippen LogP contribution in [0.1, 0.15) is 17.6 Å². The molecule has 0 saturated carbocycles. The van der Waals surface area contributed by atoms with Gasteiger partial charge in [-0.1, -0.05) is 12.1 Å². The summed E-state index contributed by atoms with van der Waals surface area (Å²) >= 11 is 1.58. The summed E-state index contributed by atoms with van der Waals surface area (Å²) in [6.07, 6.45) is 0.652. The normalized spacial score (nSPS) is 11.2. The van der Waals surface area contributed by atoms with Crippen molar-refractivity contribution < 1.29 is 4.52 Å². The molecule has 0 atom stereocenters. The smallest absolute Gasteiger partial charge is 0.265 e. The first kappa shape index (κ1) is 11.2. The lowest BCUT2D eigenvalue weighted by molar-refractivity contribution is 0.450. The van der Waals surface area contributed by atoms with Crippen LogP contribution in [-0.4, -0.2) is 15.1 Å². The number of aryl methyl sites for hydroxylation is 2. The van der Waals surface area contributed by atoms with Crippen molar-refractivity contribution in [3.63, 3.8) is 0 Å². The molecule has 3 aromatic heterocycles. The van der Waals surface area contributed by atoms with E-state index >= 15 is 0 Å². The minimum absolute atomic E-state index is 0.195. The molecule has 5 nitrogen and oxygen atoms in total. The number of hydrogen-bond donors (Lipinski definition) is 1. The second-order valence-electron chi connectivity index (χ2n) is 3.99. The van der Waals surface area contributed by atoms with E-state index < -0.39 is 0 Å². The van der Waals surface area contributed by atoms with E-state index in [0.29, 0.717) is 29.0 Å². The van der Waals surface area contributed by atoms with Crippen LogP contribution in [0, 0.1) is 6.92 Å². The Kier molecular flexibility index (Phi) is 2.52. The molecule has 3 aromatic rings. The molecular formula is C12H11N3O2S. The molecule has 0 aliphatic rings. The van der Waals surface area contributed by atoms with Crippen LogP contribution in [0.2, 0.25) is 0 Å². The average molecular weight is 261 g/mol. The lowest BCUT2D eigenvalue weighted by atomic mass is 10.2. The third kappa shape index (κ3) is 1.65. The first-order valence-corrected chi connectivity index (χ1v) is 6.46. The van der Waals surface area contributed by atoms with Crippen LogP contribution in [-0.2, 0) is 6.42 Å². The first-order valence-electron chi connectivity index (χ1n) is 5.64. The van der Waals surface area contributed by atoms with Crippen molar-refractivity contribution in [2.24, 2.45) is 0 Å². The molecule has 0 spiro atoms. The largest absolute Gasteiger partial charge is 0.335 e. The lowest BCUT2D eigenvalue weighted by Gasteiger charge is -1.94. The van der Waals surface area contributed by atoms with Gasteiger partial charge in [0.15, 0.2) is 0 Å². The van der Waals surface area contributed by atoms with Gasteiger partial charge < -0.3 is 9.51 Å². The van der Waals surface area contributed by atoms with E-state index in [-0.39, 0.29) is 5.56 Å². The molecule has 0 aliphatic carbocycles. The number of nitrogens with one attached hydrogen (secondary N) is 1. The van der Waals surface area contributed by atoms with E-state index in [2.05, 4.69) is 15.1 Å². The van der Waals surface area contributed by atoms with Crippen molar-refractivity contribution >= 4 is 22.4 Å². The van der Waals surface area contributed by atoms with E-state index in [9.17, 15) is 4.79 Å². The fourth-order valence-corrected chi connectivity index (χ4v) is 2.66. The molecule has 0 radical (unpaired) electrons. The minimum Gasteiger partial charge on any atom is -0.335 e. The molecule has 92 valence electrons. The highest BCUT2D eigenvalue weighted by molar-refractivity contribution is 7.15.